The van der Waals surface area contributed by atoms with Gasteiger partial charge in [0.25, 0.3) is 5.91 Å². The molecule has 11 heteroatoms. The number of hydrogen-bond acceptors (Lipinski definition) is 8. The number of nitrogens with zero attached hydrogens (tertiary/aromatic N) is 2. The third kappa shape index (κ3) is 6.58. The van der Waals surface area contributed by atoms with Crippen molar-refractivity contribution in [3.05, 3.63) is 86.3 Å². The summed E-state index contributed by atoms with van der Waals surface area (Å²) in [5, 5.41) is 15.1. The largest absolute Gasteiger partial charge is 0.490 e. The zero-order chi connectivity index (χ0) is 33.6. The Bertz CT molecular complexity index is 1790. The molecule has 1 amide bonds. The number of rotatable bonds is 9. The van der Waals surface area contributed by atoms with Crippen LogP contribution in [0.4, 0.5) is 5.69 Å². The maximum absolute atomic E-state index is 13.3. The lowest BCUT2D eigenvalue weighted by Gasteiger charge is -2.48. The Kier molecular flexibility index (Phi) is 9.52. The number of amides is 1. The smallest absolute Gasteiger partial charge is 0.264 e. The molecule has 3 aliphatic rings. The van der Waals surface area contributed by atoms with Crippen LogP contribution in [0.2, 0.25) is 5.02 Å². The predicted octanol–water partition coefficient (Wildman–Crippen LogP) is 6.93. The summed E-state index contributed by atoms with van der Waals surface area (Å²) in [4.78, 5) is 20.3. The molecule has 0 bridgehead atoms. The number of aryl methyl sites for hydroxylation is 2. The van der Waals surface area contributed by atoms with Gasteiger partial charge < -0.3 is 14.7 Å². The third-order valence-electron chi connectivity index (χ3n) is 10.2. The summed E-state index contributed by atoms with van der Waals surface area (Å²) in [7, 11) is -3.81. The van der Waals surface area contributed by atoms with Gasteiger partial charge in [-0.15, -0.1) is 11.3 Å². The average molecular weight is 698 g/mol. The van der Waals surface area contributed by atoms with E-state index in [4.69, 9.17) is 21.3 Å². The Morgan fingerprint density at radius 1 is 1.28 bits per heavy atom. The zero-order valence-electron chi connectivity index (χ0n) is 27.5. The molecule has 252 valence electrons. The quantitative estimate of drug-likeness (QED) is 0.234. The van der Waals surface area contributed by atoms with E-state index in [1.165, 1.54) is 25.0 Å². The van der Waals surface area contributed by atoms with Gasteiger partial charge in [-0.25, -0.2) is 18.1 Å². The van der Waals surface area contributed by atoms with Crippen LogP contribution in [0, 0.1) is 18.8 Å². The first kappa shape index (κ1) is 34.0. The molecule has 8 nitrogen and oxygen atoms in total. The second-order valence-electron chi connectivity index (χ2n) is 13.6. The molecule has 1 saturated carbocycles. The number of anilines is 1. The number of allylic oxidation sites excluding steroid dienone is 1. The first-order valence-corrected chi connectivity index (χ1v) is 19.3. The van der Waals surface area contributed by atoms with Crippen LogP contribution in [0.3, 0.4) is 0 Å². The van der Waals surface area contributed by atoms with E-state index < -0.39 is 26.8 Å². The number of hydrogen-bond donors (Lipinski definition) is 2. The molecule has 1 spiro atoms. The van der Waals surface area contributed by atoms with Crippen molar-refractivity contribution < 1.29 is 23.1 Å². The summed E-state index contributed by atoms with van der Waals surface area (Å²) in [6.07, 6.45) is 9.45. The summed E-state index contributed by atoms with van der Waals surface area (Å²) >= 11 is 7.98. The van der Waals surface area contributed by atoms with Crippen LogP contribution >= 0.6 is 22.9 Å². The molecule has 0 saturated heterocycles. The van der Waals surface area contributed by atoms with Gasteiger partial charge >= 0.3 is 0 Å². The van der Waals surface area contributed by atoms with Crippen LogP contribution in [0.5, 0.6) is 5.75 Å². The van der Waals surface area contributed by atoms with Crippen molar-refractivity contribution in [2.45, 2.75) is 82.5 Å². The zero-order valence-corrected chi connectivity index (χ0v) is 29.9. The Morgan fingerprint density at radius 3 is 2.77 bits per heavy atom. The molecule has 3 aromatic rings. The summed E-state index contributed by atoms with van der Waals surface area (Å²) < 4.78 is 34.0. The summed E-state index contributed by atoms with van der Waals surface area (Å²) in [6.45, 7) is 8.83. The summed E-state index contributed by atoms with van der Waals surface area (Å²) in [5.41, 5.74) is 2.66. The molecule has 2 heterocycles. The van der Waals surface area contributed by atoms with Crippen molar-refractivity contribution in [2.24, 2.45) is 11.8 Å². The molecule has 0 unspecified atom stereocenters. The molecular weight excluding hydrogens is 654 g/mol. The minimum Gasteiger partial charge on any atom is -0.490 e. The van der Waals surface area contributed by atoms with E-state index in [0.717, 1.165) is 54.2 Å². The Labute approximate surface area is 287 Å². The summed E-state index contributed by atoms with van der Waals surface area (Å²) in [5.74, 6) is 0.0741. The standard InChI is InChI=1S/C36H44ClN3O5S2/c1-5-6-16-36(42,33-20-46-24(4)38-33)30-12-9-27(30)19-40-21-35(15-7-8-25-17-28(37)11-13-29(25)35)22-45-32-14-10-26(18-31(32)40)34(41)39-47(43,44)23(2)3/h6,10-11,13-14,16-18,20,23,27,30,42H,5,7-9,12,15,19,21-22H2,1-4H3,(H,39,41)/b16-6+/t27-,30+,35-,36-/m0/s1. The van der Waals surface area contributed by atoms with Gasteiger partial charge in [-0.2, -0.15) is 0 Å². The van der Waals surface area contributed by atoms with E-state index in [1.54, 1.807) is 29.5 Å². The molecule has 2 aliphatic carbocycles. The van der Waals surface area contributed by atoms with E-state index in [1.807, 2.05) is 30.5 Å². The van der Waals surface area contributed by atoms with Gasteiger partial charge in [-0.05, 0) is 107 Å². The fraction of sp³-hybridized carbons (Fsp3) is 0.500. The van der Waals surface area contributed by atoms with Crippen molar-refractivity contribution in [3.63, 3.8) is 0 Å². The number of benzene rings is 2. The van der Waals surface area contributed by atoms with E-state index in [0.29, 0.717) is 31.1 Å². The highest BCUT2D eigenvalue weighted by Gasteiger charge is 2.49. The highest BCUT2D eigenvalue weighted by molar-refractivity contribution is 7.90. The number of fused-ring (bicyclic) bond motifs is 3. The van der Waals surface area contributed by atoms with Crippen molar-refractivity contribution >= 4 is 44.6 Å². The van der Waals surface area contributed by atoms with Crippen molar-refractivity contribution in [2.75, 3.05) is 24.6 Å². The molecule has 1 aromatic heterocycles. The van der Waals surface area contributed by atoms with Crippen LogP contribution in [-0.2, 0) is 27.5 Å². The molecule has 2 aromatic carbocycles. The number of carbonyl (C=O) groups is 1. The van der Waals surface area contributed by atoms with Crippen LogP contribution in [0.15, 0.2) is 53.9 Å². The van der Waals surface area contributed by atoms with Gasteiger partial charge in [0.2, 0.25) is 10.0 Å². The number of carbonyl (C=O) groups excluding carboxylic acids is 1. The lowest BCUT2D eigenvalue weighted by Crippen LogP contribution is -2.51. The van der Waals surface area contributed by atoms with E-state index in [-0.39, 0.29) is 22.8 Å². The molecule has 47 heavy (non-hydrogen) atoms. The van der Waals surface area contributed by atoms with Crippen LogP contribution in [-0.4, -0.2) is 49.4 Å². The topological polar surface area (TPSA) is 109 Å². The fourth-order valence-electron chi connectivity index (χ4n) is 7.46. The highest BCUT2D eigenvalue weighted by Crippen LogP contribution is 2.50. The molecule has 2 N–H and O–H groups in total. The monoisotopic (exact) mass is 697 g/mol. The molecule has 1 aliphatic heterocycles. The van der Waals surface area contributed by atoms with Crippen LogP contribution < -0.4 is 14.4 Å². The molecule has 0 radical (unpaired) electrons. The van der Waals surface area contributed by atoms with Crippen molar-refractivity contribution in [1.29, 1.82) is 0 Å². The maximum Gasteiger partial charge on any atom is 0.264 e. The van der Waals surface area contributed by atoms with Gasteiger partial charge in [-0.3, -0.25) is 4.79 Å². The van der Waals surface area contributed by atoms with E-state index in [2.05, 4.69) is 28.7 Å². The molecule has 6 rings (SSSR count). The second kappa shape index (κ2) is 13.2. The van der Waals surface area contributed by atoms with Crippen LogP contribution in [0.25, 0.3) is 0 Å². The minimum absolute atomic E-state index is 0.0458. The van der Waals surface area contributed by atoms with Crippen LogP contribution in [0.1, 0.15) is 85.1 Å². The van der Waals surface area contributed by atoms with Gasteiger partial charge in [0, 0.05) is 40.4 Å². The Hall–Kier alpha value is -2.92. The maximum atomic E-state index is 13.3. The number of halogens is 1. The number of nitrogens with one attached hydrogen (secondary N) is 1. The highest BCUT2D eigenvalue weighted by atomic mass is 35.5. The average Bonchev–Trinajstić information content (AvgIpc) is 3.40. The first-order chi connectivity index (χ1) is 22.3. The Balaban J connectivity index is 1.39. The van der Waals surface area contributed by atoms with Gasteiger partial charge in [0.15, 0.2) is 0 Å². The normalized spacial score (nSPS) is 23.9. The number of sulfonamides is 1. The molecule has 1 fully saturated rings. The minimum atomic E-state index is -3.81. The van der Waals surface area contributed by atoms with E-state index >= 15 is 0 Å². The van der Waals surface area contributed by atoms with Gasteiger partial charge in [0.1, 0.15) is 11.4 Å². The van der Waals surface area contributed by atoms with E-state index in [9.17, 15) is 18.3 Å². The first-order valence-electron chi connectivity index (χ1n) is 16.5. The number of aliphatic hydroxyl groups is 1. The second-order valence-corrected chi connectivity index (χ2v) is 17.4. The van der Waals surface area contributed by atoms with Gasteiger partial charge in [-0.1, -0.05) is 36.7 Å². The lowest BCUT2D eigenvalue weighted by atomic mass is 9.63. The lowest BCUT2D eigenvalue weighted by molar-refractivity contribution is -0.0525. The number of thiazole rings is 1. The van der Waals surface area contributed by atoms with Gasteiger partial charge in [0.05, 0.1) is 28.2 Å². The SMILES string of the molecule is CC/C=C/[C@@](O)(c1csc(C)n1)[C@@H]1CC[C@H]1CN1C[C@@]2(CCCc3cc(Cl)ccc32)COc2ccc(C(=O)NS(=O)(=O)C(C)C)cc21. The Morgan fingerprint density at radius 2 is 2.09 bits per heavy atom. The number of ether oxygens (including phenoxy) is 1. The molecular formula is C36H44ClN3O5S2. The number of aromatic nitrogens is 1. The van der Waals surface area contributed by atoms with Crippen molar-refractivity contribution in [1.82, 2.24) is 9.71 Å². The predicted molar refractivity (Wildman–Crippen MR) is 188 cm³/mol. The summed E-state index contributed by atoms with van der Waals surface area (Å²) in [6, 6.07) is 11.3. The third-order valence-corrected chi connectivity index (χ3v) is 12.9. The fourth-order valence-corrected chi connectivity index (χ4v) is 8.94. The molecule has 4 atom stereocenters. The van der Waals surface area contributed by atoms with Crippen molar-refractivity contribution in [3.8, 4) is 5.75 Å².